The summed E-state index contributed by atoms with van der Waals surface area (Å²) < 4.78 is 13.0. The monoisotopic (exact) mass is 223 g/mol. The zero-order valence-corrected chi connectivity index (χ0v) is 9.40. The van der Waals surface area contributed by atoms with Crippen molar-refractivity contribution in [3.63, 3.8) is 0 Å². The molecule has 1 fully saturated rings. The third-order valence-electron chi connectivity index (χ3n) is 3.09. The van der Waals surface area contributed by atoms with Gasteiger partial charge in [-0.2, -0.15) is 0 Å². The molecule has 1 aliphatic rings. The summed E-state index contributed by atoms with van der Waals surface area (Å²) >= 11 is 0. The summed E-state index contributed by atoms with van der Waals surface area (Å²) in [7, 11) is 0. The van der Waals surface area contributed by atoms with Gasteiger partial charge < -0.3 is 5.11 Å². The fourth-order valence-corrected chi connectivity index (χ4v) is 2.19. The molecule has 1 N–H and O–H groups in total. The van der Waals surface area contributed by atoms with Crippen molar-refractivity contribution in [2.24, 2.45) is 0 Å². The van der Waals surface area contributed by atoms with Gasteiger partial charge in [0.1, 0.15) is 5.82 Å². The van der Waals surface area contributed by atoms with E-state index < -0.39 is 0 Å². The molecule has 2 rings (SSSR count). The van der Waals surface area contributed by atoms with Gasteiger partial charge >= 0.3 is 0 Å². The molecule has 0 amide bonds. The minimum atomic E-state index is -0.174. The van der Waals surface area contributed by atoms with Crippen molar-refractivity contribution in [1.82, 2.24) is 4.90 Å². The molecule has 1 aromatic carbocycles. The molecule has 0 radical (unpaired) electrons. The third-order valence-corrected chi connectivity index (χ3v) is 3.09. The van der Waals surface area contributed by atoms with Crippen LogP contribution in [0.25, 0.3) is 0 Å². The molecular weight excluding hydrogens is 205 g/mol. The van der Waals surface area contributed by atoms with Crippen LogP contribution in [0.15, 0.2) is 24.3 Å². The van der Waals surface area contributed by atoms with Gasteiger partial charge in [0.15, 0.2) is 0 Å². The quantitative estimate of drug-likeness (QED) is 0.830. The number of hydrogen-bond acceptors (Lipinski definition) is 2. The van der Waals surface area contributed by atoms with E-state index in [9.17, 15) is 9.50 Å². The summed E-state index contributed by atoms with van der Waals surface area (Å²) in [6.07, 6.45) is 2.59. The number of halogens is 1. The smallest absolute Gasteiger partial charge is 0.123 e. The highest BCUT2D eigenvalue weighted by atomic mass is 19.1. The molecule has 1 aliphatic heterocycles. The first-order valence-electron chi connectivity index (χ1n) is 5.89. The maximum absolute atomic E-state index is 13.0. The molecule has 16 heavy (non-hydrogen) atoms. The molecule has 0 spiro atoms. The molecule has 1 saturated heterocycles. The second-order valence-electron chi connectivity index (χ2n) is 4.49. The van der Waals surface area contributed by atoms with Crippen molar-refractivity contribution in [3.8, 4) is 0 Å². The van der Waals surface area contributed by atoms with Crippen molar-refractivity contribution < 1.29 is 9.50 Å². The molecule has 2 nitrogen and oxygen atoms in total. The van der Waals surface area contributed by atoms with Crippen molar-refractivity contribution >= 4 is 0 Å². The maximum atomic E-state index is 13.0. The topological polar surface area (TPSA) is 23.5 Å². The van der Waals surface area contributed by atoms with Crippen LogP contribution in [0.5, 0.6) is 0 Å². The fraction of sp³-hybridized carbons (Fsp3) is 0.538. The molecule has 0 saturated carbocycles. The Bertz CT molecular complexity index is 342. The summed E-state index contributed by atoms with van der Waals surface area (Å²) in [6.45, 7) is 2.68. The second kappa shape index (κ2) is 5.41. The Morgan fingerprint density at radius 3 is 3.00 bits per heavy atom. The predicted octanol–water partition coefficient (Wildman–Crippen LogP) is 2.17. The Hall–Kier alpha value is -0.930. The molecule has 0 aliphatic carbocycles. The Balaban J connectivity index is 1.93. The molecule has 1 heterocycles. The van der Waals surface area contributed by atoms with E-state index in [-0.39, 0.29) is 11.9 Å². The van der Waals surface area contributed by atoms with Crippen LogP contribution in [-0.4, -0.2) is 29.2 Å². The van der Waals surface area contributed by atoms with Gasteiger partial charge in [-0.05, 0) is 43.5 Å². The molecule has 0 aromatic heterocycles. The number of aliphatic hydroxyl groups excluding tert-OH is 1. The number of nitrogens with zero attached hydrogens (tertiary/aromatic N) is 1. The molecule has 3 heteroatoms. The van der Waals surface area contributed by atoms with E-state index in [0.29, 0.717) is 0 Å². The highest BCUT2D eigenvalue weighted by Gasteiger charge is 2.14. The van der Waals surface area contributed by atoms with E-state index >= 15 is 0 Å². The Labute approximate surface area is 95.7 Å². The summed E-state index contributed by atoms with van der Waals surface area (Å²) in [6, 6.07) is 6.75. The summed E-state index contributed by atoms with van der Waals surface area (Å²) in [5.74, 6) is -0.174. The van der Waals surface area contributed by atoms with Crippen LogP contribution < -0.4 is 0 Å². The van der Waals surface area contributed by atoms with Crippen LogP contribution in [0.3, 0.4) is 0 Å². The first kappa shape index (κ1) is 11.6. The van der Waals surface area contributed by atoms with Gasteiger partial charge in [0.25, 0.3) is 0 Å². The average Bonchev–Trinajstić information content (AvgIpc) is 2.44. The van der Waals surface area contributed by atoms with E-state index in [4.69, 9.17) is 0 Å². The first-order chi connectivity index (χ1) is 7.74. The summed E-state index contributed by atoms with van der Waals surface area (Å²) in [5, 5.41) is 9.53. The third kappa shape index (κ3) is 3.29. The summed E-state index contributed by atoms with van der Waals surface area (Å²) in [5.41, 5.74) is 1.01. The van der Waals surface area contributed by atoms with Crippen LogP contribution in [-0.2, 0) is 6.54 Å². The standard InChI is InChI=1S/C13H18FNO/c14-12-4-1-3-11(9-12)10-15-7-2-5-13(16)6-8-15/h1,3-4,9,13,16H,2,5-8,10H2. The normalized spacial score (nSPS) is 23.0. The van der Waals surface area contributed by atoms with E-state index in [2.05, 4.69) is 4.90 Å². The van der Waals surface area contributed by atoms with E-state index in [1.807, 2.05) is 6.07 Å². The zero-order valence-electron chi connectivity index (χ0n) is 9.40. The molecular formula is C13H18FNO. The van der Waals surface area contributed by atoms with Gasteiger partial charge in [-0.3, -0.25) is 4.90 Å². The summed E-state index contributed by atoms with van der Waals surface area (Å²) in [4.78, 5) is 2.28. The van der Waals surface area contributed by atoms with Gasteiger partial charge in [0, 0.05) is 13.1 Å². The molecule has 88 valence electrons. The van der Waals surface area contributed by atoms with E-state index in [1.54, 1.807) is 12.1 Å². The van der Waals surface area contributed by atoms with Gasteiger partial charge in [-0.1, -0.05) is 12.1 Å². The molecule has 1 atom stereocenters. The average molecular weight is 223 g/mol. The first-order valence-corrected chi connectivity index (χ1v) is 5.89. The van der Waals surface area contributed by atoms with Gasteiger partial charge in [0.2, 0.25) is 0 Å². The molecule has 0 bridgehead atoms. The minimum absolute atomic E-state index is 0.155. The Morgan fingerprint density at radius 2 is 2.19 bits per heavy atom. The lowest BCUT2D eigenvalue weighted by Crippen LogP contribution is -2.24. The highest BCUT2D eigenvalue weighted by Crippen LogP contribution is 2.14. The van der Waals surface area contributed by atoms with Crippen molar-refractivity contribution in [2.45, 2.75) is 31.9 Å². The van der Waals surface area contributed by atoms with Crippen LogP contribution >= 0.6 is 0 Å². The lowest BCUT2D eigenvalue weighted by Gasteiger charge is -2.19. The largest absolute Gasteiger partial charge is 0.393 e. The number of rotatable bonds is 2. The lowest BCUT2D eigenvalue weighted by atomic mass is 10.2. The number of aliphatic hydroxyl groups is 1. The van der Waals surface area contributed by atoms with E-state index in [0.717, 1.165) is 44.5 Å². The highest BCUT2D eigenvalue weighted by molar-refractivity contribution is 5.16. The van der Waals surface area contributed by atoms with Crippen molar-refractivity contribution in [2.75, 3.05) is 13.1 Å². The van der Waals surface area contributed by atoms with Crippen LogP contribution in [0.4, 0.5) is 4.39 Å². The Kier molecular flexibility index (Phi) is 3.91. The molecule has 1 unspecified atom stereocenters. The van der Waals surface area contributed by atoms with E-state index in [1.165, 1.54) is 6.07 Å². The number of hydrogen-bond donors (Lipinski definition) is 1. The lowest BCUT2D eigenvalue weighted by molar-refractivity contribution is 0.154. The minimum Gasteiger partial charge on any atom is -0.393 e. The van der Waals surface area contributed by atoms with Crippen molar-refractivity contribution in [1.29, 1.82) is 0 Å². The van der Waals surface area contributed by atoms with Gasteiger partial charge in [0.05, 0.1) is 6.10 Å². The second-order valence-corrected chi connectivity index (χ2v) is 4.49. The number of likely N-dealkylation sites (tertiary alicyclic amines) is 1. The number of benzene rings is 1. The predicted molar refractivity (Wildman–Crippen MR) is 61.5 cm³/mol. The SMILES string of the molecule is OC1CCCN(Cc2cccc(F)c2)CC1. The van der Waals surface area contributed by atoms with Crippen LogP contribution in [0, 0.1) is 5.82 Å². The zero-order chi connectivity index (χ0) is 11.4. The van der Waals surface area contributed by atoms with Crippen molar-refractivity contribution in [3.05, 3.63) is 35.6 Å². The van der Waals surface area contributed by atoms with Crippen LogP contribution in [0.2, 0.25) is 0 Å². The Morgan fingerprint density at radius 1 is 1.31 bits per heavy atom. The van der Waals surface area contributed by atoms with Gasteiger partial charge in [-0.25, -0.2) is 4.39 Å². The fourth-order valence-electron chi connectivity index (χ4n) is 2.19. The maximum Gasteiger partial charge on any atom is 0.123 e. The van der Waals surface area contributed by atoms with Crippen LogP contribution in [0.1, 0.15) is 24.8 Å². The van der Waals surface area contributed by atoms with Gasteiger partial charge in [-0.15, -0.1) is 0 Å². The molecule has 1 aromatic rings.